The molecule has 3 nitrogen and oxygen atoms in total. The number of aromatic nitrogens is 1. The average Bonchev–Trinajstić information content (AvgIpc) is 2.92. The maximum Gasteiger partial charge on any atom is 0.0965 e. The zero-order chi connectivity index (χ0) is 12.8. The maximum absolute atomic E-state index is 4.42. The number of rotatable bonds is 6. The Kier molecular flexibility index (Phi) is 5.60. The number of piperidine rings is 1. The number of likely N-dealkylation sites (tertiary alicyclic amines) is 1. The van der Waals surface area contributed by atoms with Gasteiger partial charge in [-0.3, -0.25) is 0 Å². The van der Waals surface area contributed by atoms with Crippen molar-refractivity contribution in [1.82, 2.24) is 15.2 Å². The Morgan fingerprint density at radius 1 is 1.50 bits per heavy atom. The van der Waals surface area contributed by atoms with Crippen LogP contribution >= 0.6 is 11.3 Å². The summed E-state index contributed by atoms with van der Waals surface area (Å²) in [5, 5.41) is 6.99. The first-order valence-corrected chi connectivity index (χ1v) is 8.02. The molecule has 1 aliphatic heterocycles. The molecule has 1 atom stereocenters. The lowest BCUT2D eigenvalue weighted by Gasteiger charge is -2.33. The zero-order valence-electron chi connectivity index (χ0n) is 11.6. The van der Waals surface area contributed by atoms with Crippen LogP contribution in [0, 0.1) is 0 Å². The van der Waals surface area contributed by atoms with E-state index in [1.807, 2.05) is 6.20 Å². The van der Waals surface area contributed by atoms with Crippen molar-refractivity contribution in [2.45, 2.75) is 45.1 Å². The molecule has 1 N–H and O–H groups in total. The summed E-state index contributed by atoms with van der Waals surface area (Å²) in [5.74, 6) is 0.574. The lowest BCUT2D eigenvalue weighted by molar-refractivity contribution is 0.190. The molecule has 0 saturated carbocycles. The summed E-state index contributed by atoms with van der Waals surface area (Å²) in [6.45, 7) is 9.32. The predicted molar refractivity (Wildman–Crippen MR) is 78.3 cm³/mol. The smallest absolute Gasteiger partial charge is 0.0965 e. The molecule has 2 rings (SSSR count). The van der Waals surface area contributed by atoms with Crippen molar-refractivity contribution in [2.75, 3.05) is 26.2 Å². The molecule has 1 aromatic rings. The molecule has 2 heterocycles. The molecule has 0 aliphatic carbocycles. The van der Waals surface area contributed by atoms with E-state index in [-0.39, 0.29) is 0 Å². The molecule has 0 amide bonds. The Labute approximate surface area is 115 Å². The minimum Gasteiger partial charge on any atom is -0.314 e. The van der Waals surface area contributed by atoms with Gasteiger partial charge in [0.25, 0.3) is 0 Å². The topological polar surface area (TPSA) is 28.2 Å². The molecule has 1 saturated heterocycles. The van der Waals surface area contributed by atoms with Crippen LogP contribution in [0.5, 0.6) is 0 Å². The van der Waals surface area contributed by atoms with Gasteiger partial charge in [0.15, 0.2) is 0 Å². The minimum atomic E-state index is 0.574. The molecule has 102 valence electrons. The largest absolute Gasteiger partial charge is 0.314 e. The van der Waals surface area contributed by atoms with E-state index in [0.717, 1.165) is 12.6 Å². The monoisotopic (exact) mass is 267 g/mol. The third kappa shape index (κ3) is 4.04. The Hall–Kier alpha value is -0.450. The summed E-state index contributed by atoms with van der Waals surface area (Å²) in [7, 11) is 0. The lowest BCUT2D eigenvalue weighted by Crippen LogP contribution is -2.43. The summed E-state index contributed by atoms with van der Waals surface area (Å²) in [4.78, 5) is 7.01. The highest BCUT2D eigenvalue weighted by Crippen LogP contribution is 2.20. The second-order valence-corrected chi connectivity index (χ2v) is 6.23. The molecular weight excluding hydrogens is 242 g/mol. The van der Waals surface area contributed by atoms with Gasteiger partial charge in [0.2, 0.25) is 0 Å². The van der Waals surface area contributed by atoms with Gasteiger partial charge in [0.1, 0.15) is 0 Å². The third-order valence-corrected chi connectivity index (χ3v) is 4.68. The van der Waals surface area contributed by atoms with Crippen LogP contribution in [0.2, 0.25) is 0 Å². The van der Waals surface area contributed by atoms with Crippen LogP contribution in [0.4, 0.5) is 0 Å². The molecule has 0 radical (unpaired) electrons. The van der Waals surface area contributed by atoms with Gasteiger partial charge < -0.3 is 10.2 Å². The highest BCUT2D eigenvalue weighted by atomic mass is 32.1. The van der Waals surface area contributed by atoms with E-state index in [1.165, 1.54) is 43.9 Å². The average molecular weight is 267 g/mol. The zero-order valence-corrected chi connectivity index (χ0v) is 12.4. The number of hydrogen-bond donors (Lipinski definition) is 1. The molecule has 4 heteroatoms. The fourth-order valence-electron chi connectivity index (χ4n) is 2.61. The van der Waals surface area contributed by atoms with E-state index >= 15 is 0 Å². The van der Waals surface area contributed by atoms with Crippen LogP contribution in [0.1, 0.15) is 44.0 Å². The standard InChI is InChI=1S/C14H25N3S/c1-3-6-15-13-4-8-17(9-5-13)11-12(2)14-16-7-10-18-14/h7,10,12-13,15H,3-6,8-9,11H2,1-2H3. The molecule has 1 unspecified atom stereocenters. The normalized spacial score (nSPS) is 20.1. The summed E-state index contributed by atoms with van der Waals surface area (Å²) in [6.07, 6.45) is 5.74. The molecule has 18 heavy (non-hydrogen) atoms. The molecule has 0 spiro atoms. The van der Waals surface area contributed by atoms with Crippen molar-refractivity contribution in [2.24, 2.45) is 0 Å². The highest BCUT2D eigenvalue weighted by Gasteiger charge is 2.20. The quantitative estimate of drug-likeness (QED) is 0.859. The van der Waals surface area contributed by atoms with Crippen LogP contribution in [-0.4, -0.2) is 42.1 Å². The Morgan fingerprint density at radius 2 is 2.28 bits per heavy atom. The fourth-order valence-corrected chi connectivity index (χ4v) is 3.30. The van der Waals surface area contributed by atoms with Gasteiger partial charge in [-0.25, -0.2) is 4.98 Å². The van der Waals surface area contributed by atoms with Gasteiger partial charge in [-0.1, -0.05) is 13.8 Å². The van der Waals surface area contributed by atoms with Gasteiger partial charge in [-0.05, 0) is 38.9 Å². The van der Waals surface area contributed by atoms with E-state index < -0.39 is 0 Å². The van der Waals surface area contributed by atoms with E-state index in [4.69, 9.17) is 0 Å². The molecule has 0 aromatic carbocycles. The Bertz CT molecular complexity index is 318. The van der Waals surface area contributed by atoms with Crippen molar-refractivity contribution in [3.05, 3.63) is 16.6 Å². The van der Waals surface area contributed by atoms with Gasteiger partial charge in [0, 0.05) is 30.1 Å². The fraction of sp³-hybridized carbons (Fsp3) is 0.786. The van der Waals surface area contributed by atoms with Gasteiger partial charge in [-0.15, -0.1) is 11.3 Å². The van der Waals surface area contributed by atoms with E-state index in [0.29, 0.717) is 5.92 Å². The number of hydrogen-bond acceptors (Lipinski definition) is 4. The summed E-state index contributed by atoms with van der Waals surface area (Å²) < 4.78 is 0. The summed E-state index contributed by atoms with van der Waals surface area (Å²) >= 11 is 1.78. The highest BCUT2D eigenvalue weighted by molar-refractivity contribution is 7.09. The van der Waals surface area contributed by atoms with Crippen LogP contribution in [0.15, 0.2) is 11.6 Å². The van der Waals surface area contributed by atoms with Gasteiger partial charge in [0.05, 0.1) is 5.01 Å². The van der Waals surface area contributed by atoms with Crippen LogP contribution in [0.25, 0.3) is 0 Å². The third-order valence-electron chi connectivity index (χ3n) is 3.68. The molecular formula is C14H25N3S. The maximum atomic E-state index is 4.42. The van der Waals surface area contributed by atoms with E-state index in [1.54, 1.807) is 11.3 Å². The predicted octanol–water partition coefficient (Wildman–Crippen LogP) is 2.71. The SMILES string of the molecule is CCCNC1CCN(CC(C)c2nccs2)CC1. The number of thiazole rings is 1. The first-order chi connectivity index (χ1) is 8.79. The lowest BCUT2D eigenvalue weighted by atomic mass is 10.0. The number of nitrogens with zero attached hydrogens (tertiary/aromatic N) is 2. The number of nitrogens with one attached hydrogen (secondary N) is 1. The van der Waals surface area contributed by atoms with Crippen molar-refractivity contribution >= 4 is 11.3 Å². The van der Waals surface area contributed by atoms with E-state index in [2.05, 4.69) is 34.4 Å². The molecule has 1 aromatic heterocycles. The summed E-state index contributed by atoms with van der Waals surface area (Å²) in [5.41, 5.74) is 0. The first kappa shape index (κ1) is 14.0. The van der Waals surface area contributed by atoms with E-state index in [9.17, 15) is 0 Å². The molecule has 0 bridgehead atoms. The van der Waals surface area contributed by atoms with Crippen molar-refractivity contribution in [1.29, 1.82) is 0 Å². The van der Waals surface area contributed by atoms with Crippen LogP contribution in [0.3, 0.4) is 0 Å². The van der Waals surface area contributed by atoms with Gasteiger partial charge >= 0.3 is 0 Å². The van der Waals surface area contributed by atoms with Crippen molar-refractivity contribution in [3.8, 4) is 0 Å². The summed E-state index contributed by atoms with van der Waals surface area (Å²) in [6, 6.07) is 0.747. The van der Waals surface area contributed by atoms with Crippen molar-refractivity contribution in [3.63, 3.8) is 0 Å². The molecule has 1 aliphatic rings. The Morgan fingerprint density at radius 3 is 2.89 bits per heavy atom. The van der Waals surface area contributed by atoms with Crippen LogP contribution < -0.4 is 5.32 Å². The minimum absolute atomic E-state index is 0.574. The van der Waals surface area contributed by atoms with Gasteiger partial charge in [-0.2, -0.15) is 0 Å². The van der Waals surface area contributed by atoms with Crippen molar-refractivity contribution < 1.29 is 0 Å². The Balaban J connectivity index is 1.70. The van der Waals surface area contributed by atoms with Crippen LogP contribution in [-0.2, 0) is 0 Å². The first-order valence-electron chi connectivity index (χ1n) is 7.14. The second-order valence-electron chi connectivity index (χ2n) is 5.30. The molecule has 1 fully saturated rings. The second kappa shape index (κ2) is 7.22.